The van der Waals surface area contributed by atoms with Crippen molar-refractivity contribution >= 4 is 73.9 Å². The van der Waals surface area contributed by atoms with Crippen LogP contribution in [0, 0.1) is 83.1 Å². The van der Waals surface area contributed by atoms with E-state index < -0.39 is 0 Å². The maximum Gasteiger partial charge on any atom is 0.108 e. The Morgan fingerprint density at radius 2 is 0.640 bits per heavy atom. The SMILES string of the molecule is Cc1cc(-c2c(C)cccc2C)ncc1N1c2ccccc2N(c2c(-c3ccccc3)cccc2-c2ccccc2)[C@H]1C.Cc1cc(C)c(N2c3ccccc3N(C(C)C)[C@H]2C)c(C)n1.Cc1cc(C)c(N2c3ccccc3N(C3CCCC3)[C@H]2C)c(C)n1.Cc1cc(C)c(N2c3ccccc3N(C3CCCCC3)[C@H]2C)c(C)n1. The topological polar surface area (TPSA) is 77.5 Å². The number of hydrogen-bond donors (Lipinski definition) is 0. The Morgan fingerprint density at radius 1 is 0.298 bits per heavy atom. The van der Waals surface area contributed by atoms with Crippen LogP contribution in [0.15, 0.2) is 225 Å². The van der Waals surface area contributed by atoms with Crippen molar-refractivity contribution in [2.45, 2.75) is 225 Å². The summed E-state index contributed by atoms with van der Waals surface area (Å²) in [5.41, 5.74) is 37.9. The number of para-hydroxylation sites is 9. The van der Waals surface area contributed by atoms with E-state index in [2.05, 4.69) is 388 Å². The van der Waals surface area contributed by atoms with Gasteiger partial charge in [-0.15, -0.1) is 0 Å². The standard InChI is InChI=1S/C40H35N3.C22H29N3.C21H27N3.C19H25N3/c1-27-15-13-16-28(2)39(27)35-25-29(3)38(26-41-35)42-30(4)43(37-24-12-11-23-36(37)42)40-33(31-17-7-5-8-18-31)21-14-22-34(40)32-19-9-6-10-20-32;1-15-14-16(2)23-17(3)22(15)25-18(4)24(19-10-6-5-7-11-19)20-12-8-9-13-21(20)25;1-14-13-15(2)22-16(3)21(14)24-17(4)23(18-9-5-6-10-18)19-11-7-8-12-20(19)24;1-12(2)21-16(6)22(18-10-8-7-9-17(18)21)19-13(3)11-14(4)20-15(19)5/h5-26,30H,1-4H3;8-9,12-14,18-19H,5-7,10-11H2,1-4H3;7-8,11-13,17-18H,5-6,9-10H2,1-4H3;7-12,16H,1-6H3/t30-;18-;17-;16-/m0111/s1. The fourth-order valence-corrected chi connectivity index (χ4v) is 20.2. The molecule has 4 aromatic heterocycles. The minimum atomic E-state index is 0.0104. The van der Waals surface area contributed by atoms with Crippen molar-refractivity contribution < 1.29 is 0 Å². The van der Waals surface area contributed by atoms with Crippen LogP contribution in [0.3, 0.4) is 0 Å². The molecule has 0 unspecified atom stereocenters. The van der Waals surface area contributed by atoms with E-state index in [1.54, 1.807) is 0 Å². The van der Waals surface area contributed by atoms with Crippen molar-refractivity contribution in [1.82, 2.24) is 19.9 Å². The highest BCUT2D eigenvalue weighted by Crippen LogP contribution is 2.55. The normalized spacial score (nSPS) is 17.6. The summed E-state index contributed by atoms with van der Waals surface area (Å²) >= 11 is 0. The highest BCUT2D eigenvalue weighted by atomic mass is 15.5. The van der Waals surface area contributed by atoms with Crippen LogP contribution in [0.4, 0.5) is 73.9 Å². The first-order valence-corrected chi connectivity index (χ1v) is 41.9. The van der Waals surface area contributed by atoms with E-state index in [1.165, 1.54) is 187 Å². The van der Waals surface area contributed by atoms with Crippen molar-refractivity contribution in [1.29, 1.82) is 0 Å². The number of aromatic nitrogens is 4. The summed E-state index contributed by atoms with van der Waals surface area (Å²) in [6.45, 7) is 39.6. The van der Waals surface area contributed by atoms with Gasteiger partial charge in [0, 0.05) is 51.9 Å². The van der Waals surface area contributed by atoms with Crippen LogP contribution >= 0.6 is 0 Å². The first-order chi connectivity index (χ1) is 55.1. The zero-order valence-corrected chi connectivity index (χ0v) is 70.6. The molecule has 0 amide bonds. The number of anilines is 13. The fraction of sp³-hybridized carbons (Fsp3) is 0.333. The number of benzene rings is 8. The highest BCUT2D eigenvalue weighted by Gasteiger charge is 2.43. The molecule has 584 valence electrons. The van der Waals surface area contributed by atoms with Gasteiger partial charge in [0.2, 0.25) is 0 Å². The second-order valence-electron chi connectivity index (χ2n) is 33.0. The molecule has 114 heavy (non-hydrogen) atoms. The van der Waals surface area contributed by atoms with Gasteiger partial charge in [-0.2, -0.15) is 0 Å². The number of aryl methyl sites for hydroxylation is 12. The minimum absolute atomic E-state index is 0.0104. The summed E-state index contributed by atoms with van der Waals surface area (Å²) < 4.78 is 0. The molecule has 4 aliphatic heterocycles. The Kier molecular flexibility index (Phi) is 22.6. The second-order valence-corrected chi connectivity index (χ2v) is 33.0. The Balaban J connectivity index is 0.000000125. The monoisotopic (exact) mass is 1510 g/mol. The maximum atomic E-state index is 5.05. The van der Waals surface area contributed by atoms with Crippen LogP contribution in [0.2, 0.25) is 0 Å². The summed E-state index contributed by atoms with van der Waals surface area (Å²) in [6.07, 6.45) is 15.1. The van der Waals surface area contributed by atoms with Crippen LogP contribution in [-0.4, -0.2) is 62.7 Å². The predicted octanol–water partition coefficient (Wildman–Crippen LogP) is 26.3. The lowest BCUT2D eigenvalue weighted by molar-refractivity contribution is 0.400. The van der Waals surface area contributed by atoms with E-state index in [4.69, 9.17) is 19.9 Å². The van der Waals surface area contributed by atoms with Gasteiger partial charge in [0.25, 0.3) is 0 Å². The van der Waals surface area contributed by atoms with E-state index in [9.17, 15) is 0 Å². The van der Waals surface area contributed by atoms with Crippen molar-refractivity contribution in [3.63, 3.8) is 0 Å². The van der Waals surface area contributed by atoms with Gasteiger partial charge in [-0.3, -0.25) is 19.9 Å². The molecule has 2 saturated carbocycles. The van der Waals surface area contributed by atoms with Crippen molar-refractivity contribution in [2.24, 2.45) is 0 Å². The third-order valence-corrected chi connectivity index (χ3v) is 24.7. The van der Waals surface area contributed by atoms with Crippen LogP contribution < -0.4 is 39.2 Å². The molecule has 6 aliphatic rings. The largest absolute Gasteiger partial charge is 0.347 e. The number of pyridine rings is 4. The number of rotatable bonds is 11. The molecule has 8 aromatic carbocycles. The number of nitrogens with zero attached hydrogens (tertiary/aromatic N) is 12. The summed E-state index contributed by atoms with van der Waals surface area (Å²) in [7, 11) is 0. The lowest BCUT2D eigenvalue weighted by Gasteiger charge is -2.38. The van der Waals surface area contributed by atoms with Crippen LogP contribution in [-0.2, 0) is 0 Å². The lowest BCUT2D eigenvalue weighted by Crippen LogP contribution is -2.46. The summed E-state index contributed by atoms with van der Waals surface area (Å²) in [6, 6.07) is 80.4. The maximum absolute atomic E-state index is 5.05. The Bertz CT molecular complexity index is 5300. The van der Waals surface area contributed by atoms with Crippen LogP contribution in [0.1, 0.15) is 167 Å². The van der Waals surface area contributed by atoms with Crippen LogP contribution in [0.5, 0.6) is 0 Å². The van der Waals surface area contributed by atoms with Crippen LogP contribution in [0.25, 0.3) is 33.5 Å². The molecule has 2 aliphatic carbocycles. The Hall–Kier alpha value is -11.2. The van der Waals surface area contributed by atoms with E-state index in [-0.39, 0.29) is 6.17 Å². The summed E-state index contributed by atoms with van der Waals surface area (Å²) in [4.78, 5) is 39.5. The van der Waals surface area contributed by atoms with E-state index >= 15 is 0 Å². The average Bonchev–Trinajstić information content (AvgIpc) is 1.54. The third-order valence-electron chi connectivity index (χ3n) is 24.7. The molecular formula is C102H116N12. The molecule has 0 N–H and O–H groups in total. The molecule has 0 bridgehead atoms. The molecule has 0 radical (unpaired) electrons. The van der Waals surface area contributed by atoms with Crippen molar-refractivity contribution in [3.8, 4) is 33.5 Å². The van der Waals surface area contributed by atoms with Gasteiger partial charge < -0.3 is 39.2 Å². The number of fused-ring (bicyclic) bond motifs is 4. The van der Waals surface area contributed by atoms with Gasteiger partial charge in [0.15, 0.2) is 0 Å². The van der Waals surface area contributed by atoms with Gasteiger partial charge >= 0.3 is 0 Å². The first kappa shape index (κ1) is 78.1. The van der Waals surface area contributed by atoms with Gasteiger partial charge in [-0.1, -0.05) is 178 Å². The molecule has 12 heteroatoms. The molecule has 4 atom stereocenters. The molecule has 12 aromatic rings. The zero-order valence-electron chi connectivity index (χ0n) is 70.6. The Morgan fingerprint density at radius 3 is 1.04 bits per heavy atom. The van der Waals surface area contributed by atoms with Gasteiger partial charge in [-0.05, 0) is 268 Å². The first-order valence-electron chi connectivity index (χ1n) is 41.9. The molecule has 12 nitrogen and oxygen atoms in total. The quantitative estimate of drug-likeness (QED) is 0.124. The molecule has 0 saturated heterocycles. The number of hydrogen-bond acceptors (Lipinski definition) is 12. The van der Waals surface area contributed by atoms with Gasteiger partial charge in [-0.25, -0.2) is 0 Å². The van der Waals surface area contributed by atoms with Gasteiger partial charge in [0.1, 0.15) is 24.7 Å². The van der Waals surface area contributed by atoms with Crippen molar-refractivity contribution in [2.75, 3.05) is 39.2 Å². The predicted molar refractivity (Wildman–Crippen MR) is 483 cm³/mol. The smallest absolute Gasteiger partial charge is 0.108 e. The minimum Gasteiger partial charge on any atom is -0.347 e. The molecular weight excluding hydrogens is 1390 g/mol. The molecule has 18 rings (SSSR count). The molecule has 2 fully saturated rings. The van der Waals surface area contributed by atoms with Gasteiger partial charge in [0.05, 0.1) is 103 Å². The average molecular weight is 1510 g/mol. The third kappa shape index (κ3) is 14.7. The molecule has 0 spiro atoms. The highest BCUT2D eigenvalue weighted by molar-refractivity contribution is 6.00. The second kappa shape index (κ2) is 33.1. The molecule has 8 heterocycles. The Labute approximate surface area is 679 Å². The van der Waals surface area contributed by atoms with E-state index in [1.807, 2.05) is 0 Å². The zero-order chi connectivity index (χ0) is 79.9. The van der Waals surface area contributed by atoms with E-state index in [0.717, 1.165) is 45.5 Å². The fourth-order valence-electron chi connectivity index (χ4n) is 20.2. The summed E-state index contributed by atoms with van der Waals surface area (Å²) in [5.74, 6) is 0. The lowest BCUT2D eigenvalue weighted by atomic mass is 9.93. The van der Waals surface area contributed by atoms with E-state index in [0.29, 0.717) is 36.6 Å². The summed E-state index contributed by atoms with van der Waals surface area (Å²) in [5, 5.41) is 0. The van der Waals surface area contributed by atoms with Crippen molar-refractivity contribution in [3.05, 3.63) is 292 Å².